The Morgan fingerprint density at radius 2 is 2.14 bits per heavy atom. The van der Waals surface area contributed by atoms with Crippen molar-refractivity contribution < 1.29 is 43.8 Å². The first kappa shape index (κ1) is 10.4. The number of carboxylic acid groups (broad SMARTS) is 1. The molecule has 0 aromatic rings. The van der Waals surface area contributed by atoms with Gasteiger partial charge in [0.1, 0.15) is 0 Å². The maximum Gasteiger partial charge on any atom is 1.00 e. The van der Waals surface area contributed by atoms with E-state index in [9.17, 15) is 14.3 Å². The van der Waals surface area contributed by atoms with Crippen molar-refractivity contribution in [1.82, 2.24) is 0 Å². The van der Waals surface area contributed by atoms with Crippen molar-refractivity contribution in [3.63, 3.8) is 0 Å². The largest absolute Gasteiger partial charge is 1.00 e. The predicted octanol–water partition coefficient (Wildman–Crippen LogP) is -3.90. The molecule has 0 fully saturated rings. The molecule has 0 amide bonds. The van der Waals surface area contributed by atoms with Crippen molar-refractivity contribution >= 4 is 5.97 Å². The zero-order chi connectivity index (χ0) is 4.99. The van der Waals surface area contributed by atoms with E-state index >= 15 is 0 Å². The number of halogens is 1. The van der Waals surface area contributed by atoms with E-state index in [0.29, 0.717) is 0 Å². The summed E-state index contributed by atoms with van der Waals surface area (Å²) >= 11 is 0. The molecular weight excluding hydrogens is 110 g/mol. The molecule has 36 valence electrons. The Hall–Kier alpha value is 0.400. The van der Waals surface area contributed by atoms with Gasteiger partial charge < -0.3 is 9.90 Å². The second-order valence-electron chi connectivity index (χ2n) is 0.811. The number of alkyl halides is 1. The molecule has 7 heavy (non-hydrogen) atoms. The molecule has 0 saturated heterocycles. The third-order valence-electron chi connectivity index (χ3n) is 0.299. The van der Waals surface area contributed by atoms with E-state index in [0.717, 1.165) is 0 Å². The first-order valence-corrected chi connectivity index (χ1v) is 1.53. The molecule has 0 heterocycles. The molecule has 0 unspecified atom stereocenters. The van der Waals surface area contributed by atoms with Crippen LogP contribution in [0.25, 0.3) is 0 Å². The van der Waals surface area contributed by atoms with Crippen LogP contribution in [0.5, 0.6) is 0 Å². The Morgan fingerprint density at radius 3 is 2.14 bits per heavy atom. The molecule has 4 heteroatoms. The minimum atomic E-state index is -1.34. The molecule has 0 aliphatic rings. The molecule has 0 saturated carbocycles. The van der Waals surface area contributed by atoms with E-state index in [4.69, 9.17) is 0 Å². The van der Waals surface area contributed by atoms with Gasteiger partial charge in [0.15, 0.2) is 0 Å². The van der Waals surface area contributed by atoms with E-state index in [-0.39, 0.29) is 29.6 Å². The van der Waals surface area contributed by atoms with Gasteiger partial charge in [-0.15, -0.1) is 0 Å². The van der Waals surface area contributed by atoms with Crippen molar-refractivity contribution in [2.75, 3.05) is 6.67 Å². The number of carbonyl (C=O) groups is 1. The van der Waals surface area contributed by atoms with Gasteiger partial charge >= 0.3 is 29.6 Å². The fourth-order valence-electron chi connectivity index (χ4n) is 0.0772. The number of carbonyl (C=O) groups excluding carboxylic acids is 1. The van der Waals surface area contributed by atoms with Crippen LogP contribution in [0.1, 0.15) is 6.42 Å². The Balaban J connectivity index is 0. The summed E-state index contributed by atoms with van der Waals surface area (Å²) in [6.07, 6.45) is -0.486. The van der Waals surface area contributed by atoms with Crippen LogP contribution in [0.2, 0.25) is 0 Å². The summed E-state index contributed by atoms with van der Waals surface area (Å²) in [5.74, 6) is -1.34. The molecule has 0 spiro atoms. The average molecular weight is 114 g/mol. The average Bonchev–Trinajstić information content (AvgIpc) is 1.35. The molecule has 0 aliphatic carbocycles. The summed E-state index contributed by atoms with van der Waals surface area (Å²) in [6, 6.07) is 0. The molecular formula is C3H4FNaO2. The molecule has 0 atom stereocenters. The van der Waals surface area contributed by atoms with Gasteiger partial charge in [-0.3, -0.25) is 4.39 Å². The molecule has 2 nitrogen and oxygen atoms in total. The van der Waals surface area contributed by atoms with Crippen LogP contribution in [-0.4, -0.2) is 12.6 Å². The van der Waals surface area contributed by atoms with Gasteiger partial charge in [-0.05, 0) is 0 Å². The van der Waals surface area contributed by atoms with E-state index in [2.05, 4.69) is 0 Å². The fourth-order valence-corrected chi connectivity index (χ4v) is 0.0772. The summed E-state index contributed by atoms with van der Waals surface area (Å²) in [5.41, 5.74) is 0. The summed E-state index contributed by atoms with van der Waals surface area (Å²) in [7, 11) is 0. The number of rotatable bonds is 2. The van der Waals surface area contributed by atoms with Crippen molar-refractivity contribution in [1.29, 1.82) is 0 Å². The van der Waals surface area contributed by atoms with E-state index in [1.165, 1.54) is 0 Å². The second kappa shape index (κ2) is 6.40. The molecule has 0 aromatic heterocycles. The van der Waals surface area contributed by atoms with E-state index in [1.807, 2.05) is 0 Å². The van der Waals surface area contributed by atoms with E-state index in [1.54, 1.807) is 0 Å². The van der Waals surface area contributed by atoms with Crippen molar-refractivity contribution in [2.45, 2.75) is 6.42 Å². The number of aliphatic carboxylic acids is 1. The van der Waals surface area contributed by atoms with Gasteiger partial charge in [0.25, 0.3) is 0 Å². The monoisotopic (exact) mass is 114 g/mol. The van der Waals surface area contributed by atoms with Gasteiger partial charge in [0.05, 0.1) is 6.67 Å². The number of hydrogen-bond acceptors (Lipinski definition) is 2. The Bertz CT molecular complexity index is 56.9. The van der Waals surface area contributed by atoms with Crippen LogP contribution in [-0.2, 0) is 4.79 Å². The Morgan fingerprint density at radius 1 is 1.71 bits per heavy atom. The third-order valence-corrected chi connectivity index (χ3v) is 0.299. The topological polar surface area (TPSA) is 40.1 Å². The standard InChI is InChI=1S/C3H5FO2.Na/c4-2-1-3(5)6;/h1-2H2,(H,5,6);/q;+1/p-1. The van der Waals surface area contributed by atoms with Gasteiger partial charge in [-0.25, -0.2) is 0 Å². The quantitative estimate of drug-likeness (QED) is 0.344. The smallest absolute Gasteiger partial charge is 0.550 e. The van der Waals surface area contributed by atoms with Crippen molar-refractivity contribution in [3.05, 3.63) is 0 Å². The van der Waals surface area contributed by atoms with Crippen LogP contribution in [0.4, 0.5) is 4.39 Å². The van der Waals surface area contributed by atoms with Crippen molar-refractivity contribution in [3.8, 4) is 0 Å². The molecule has 0 radical (unpaired) electrons. The minimum absolute atomic E-state index is 0. The van der Waals surface area contributed by atoms with Gasteiger partial charge in [-0.1, -0.05) is 0 Å². The zero-order valence-electron chi connectivity index (χ0n) is 4.11. The first-order chi connectivity index (χ1) is 2.77. The van der Waals surface area contributed by atoms with Gasteiger partial charge in [0, 0.05) is 12.4 Å². The normalized spacial score (nSPS) is 7.00. The summed E-state index contributed by atoms with van der Waals surface area (Å²) < 4.78 is 10.8. The fraction of sp³-hybridized carbons (Fsp3) is 0.667. The van der Waals surface area contributed by atoms with Crippen LogP contribution in [0.15, 0.2) is 0 Å². The minimum Gasteiger partial charge on any atom is -0.550 e. The Labute approximate surface area is 63.0 Å². The number of hydrogen-bond donors (Lipinski definition) is 0. The zero-order valence-corrected chi connectivity index (χ0v) is 6.11. The van der Waals surface area contributed by atoms with Gasteiger partial charge in [0.2, 0.25) is 0 Å². The van der Waals surface area contributed by atoms with Crippen LogP contribution in [0.3, 0.4) is 0 Å². The maximum absolute atomic E-state index is 10.8. The first-order valence-electron chi connectivity index (χ1n) is 1.53. The van der Waals surface area contributed by atoms with Gasteiger partial charge in [-0.2, -0.15) is 0 Å². The summed E-state index contributed by atoms with van der Waals surface area (Å²) in [5, 5.41) is 9.25. The molecule has 0 bridgehead atoms. The molecule has 0 aromatic carbocycles. The third kappa shape index (κ3) is 10.7. The Kier molecular flexibility index (Phi) is 9.50. The van der Waals surface area contributed by atoms with Crippen LogP contribution < -0.4 is 34.7 Å². The summed E-state index contributed by atoms with van der Waals surface area (Å²) in [4.78, 5) is 9.25. The summed E-state index contributed by atoms with van der Waals surface area (Å²) in [6.45, 7) is -0.831. The SMILES string of the molecule is O=C([O-])CCF.[Na+]. The molecule has 0 N–H and O–H groups in total. The maximum atomic E-state index is 10.8. The molecule has 0 rings (SSSR count). The predicted molar refractivity (Wildman–Crippen MR) is 15.6 cm³/mol. The number of carboxylic acids is 1. The van der Waals surface area contributed by atoms with Crippen LogP contribution >= 0.6 is 0 Å². The van der Waals surface area contributed by atoms with E-state index < -0.39 is 19.1 Å². The second-order valence-corrected chi connectivity index (χ2v) is 0.811. The molecule has 0 aliphatic heterocycles. The van der Waals surface area contributed by atoms with Crippen LogP contribution in [0, 0.1) is 0 Å². The van der Waals surface area contributed by atoms with Crippen molar-refractivity contribution in [2.24, 2.45) is 0 Å².